The third kappa shape index (κ3) is 2.62. The molecule has 0 aromatic carbocycles. The van der Waals surface area contributed by atoms with Crippen molar-refractivity contribution in [1.82, 2.24) is 10.7 Å². The maximum Gasteiger partial charge on any atom is 0.205 e. The van der Waals surface area contributed by atoms with E-state index in [2.05, 4.69) is 22.7 Å². The van der Waals surface area contributed by atoms with E-state index in [0.29, 0.717) is 11.5 Å². The molecule has 0 saturated heterocycles. The average Bonchev–Trinajstić information content (AvgIpc) is 2.99. The highest BCUT2D eigenvalue weighted by molar-refractivity contribution is 5.79. The van der Waals surface area contributed by atoms with E-state index in [1.165, 1.54) is 38.5 Å². The van der Waals surface area contributed by atoms with Crippen molar-refractivity contribution in [3.05, 3.63) is 0 Å². The molecule has 15 heavy (non-hydrogen) atoms. The number of hydrazine groups is 1. The second-order valence-corrected chi connectivity index (χ2v) is 4.93. The zero-order valence-electron chi connectivity index (χ0n) is 9.55. The SMILES string of the molecule is CCC1(CN=C(NN)NC2CC2)CCC1. The Morgan fingerprint density at radius 2 is 2.20 bits per heavy atom. The van der Waals surface area contributed by atoms with Gasteiger partial charge in [-0.3, -0.25) is 10.4 Å². The molecule has 4 heteroatoms. The molecule has 86 valence electrons. The van der Waals surface area contributed by atoms with Gasteiger partial charge in [-0.05, 0) is 37.5 Å². The van der Waals surface area contributed by atoms with Crippen LogP contribution in [-0.2, 0) is 0 Å². The van der Waals surface area contributed by atoms with E-state index in [-0.39, 0.29) is 0 Å². The lowest BCUT2D eigenvalue weighted by molar-refractivity contribution is 0.139. The Hall–Kier alpha value is -0.770. The van der Waals surface area contributed by atoms with Gasteiger partial charge in [0, 0.05) is 12.6 Å². The lowest BCUT2D eigenvalue weighted by atomic mass is 9.67. The average molecular weight is 210 g/mol. The van der Waals surface area contributed by atoms with Gasteiger partial charge in [0.15, 0.2) is 0 Å². The minimum absolute atomic E-state index is 0.479. The second-order valence-electron chi connectivity index (χ2n) is 4.93. The lowest BCUT2D eigenvalue weighted by Gasteiger charge is -2.40. The fourth-order valence-corrected chi connectivity index (χ4v) is 2.10. The van der Waals surface area contributed by atoms with Gasteiger partial charge in [0.2, 0.25) is 5.96 Å². The van der Waals surface area contributed by atoms with E-state index in [4.69, 9.17) is 5.84 Å². The quantitative estimate of drug-likeness (QED) is 0.282. The number of guanidine groups is 1. The van der Waals surface area contributed by atoms with E-state index in [1.807, 2.05) is 0 Å². The van der Waals surface area contributed by atoms with Crippen LogP contribution in [0.25, 0.3) is 0 Å². The number of aliphatic imine (C=N–C) groups is 1. The molecule has 0 atom stereocenters. The molecule has 0 bridgehead atoms. The Morgan fingerprint density at radius 3 is 2.60 bits per heavy atom. The van der Waals surface area contributed by atoms with Crippen molar-refractivity contribution < 1.29 is 0 Å². The number of hydrogen-bond acceptors (Lipinski definition) is 2. The molecule has 0 radical (unpaired) electrons. The molecule has 0 amide bonds. The van der Waals surface area contributed by atoms with Crippen molar-refractivity contribution in [2.24, 2.45) is 16.3 Å². The summed E-state index contributed by atoms with van der Waals surface area (Å²) in [6, 6.07) is 0.610. The molecule has 2 aliphatic rings. The normalized spacial score (nSPS) is 24.5. The lowest BCUT2D eigenvalue weighted by Crippen LogP contribution is -2.44. The Bertz CT molecular complexity index is 235. The van der Waals surface area contributed by atoms with Crippen LogP contribution in [0.3, 0.4) is 0 Å². The number of nitrogens with two attached hydrogens (primary N) is 1. The highest BCUT2D eigenvalue weighted by Gasteiger charge is 2.35. The first-order chi connectivity index (χ1) is 7.28. The first-order valence-electron chi connectivity index (χ1n) is 6.06. The third-order valence-corrected chi connectivity index (χ3v) is 3.79. The van der Waals surface area contributed by atoms with E-state index in [9.17, 15) is 0 Å². The molecule has 0 spiro atoms. The maximum atomic E-state index is 5.44. The summed E-state index contributed by atoms with van der Waals surface area (Å²) in [6.45, 7) is 3.18. The predicted molar refractivity (Wildman–Crippen MR) is 62.4 cm³/mol. The Kier molecular flexibility index (Phi) is 3.14. The highest BCUT2D eigenvalue weighted by atomic mass is 15.3. The first-order valence-corrected chi connectivity index (χ1v) is 6.06. The van der Waals surface area contributed by atoms with Crippen LogP contribution in [0.2, 0.25) is 0 Å². The molecule has 2 saturated carbocycles. The summed E-state index contributed by atoms with van der Waals surface area (Å²) >= 11 is 0. The molecular weight excluding hydrogens is 188 g/mol. The molecule has 4 N–H and O–H groups in total. The van der Waals surface area contributed by atoms with E-state index >= 15 is 0 Å². The summed E-state index contributed by atoms with van der Waals surface area (Å²) in [7, 11) is 0. The first kappa shape index (κ1) is 10.7. The van der Waals surface area contributed by atoms with Gasteiger partial charge in [-0.1, -0.05) is 13.3 Å². The summed E-state index contributed by atoms with van der Waals surface area (Å²) in [5.74, 6) is 6.21. The summed E-state index contributed by atoms with van der Waals surface area (Å²) in [5.41, 5.74) is 3.14. The van der Waals surface area contributed by atoms with Gasteiger partial charge in [0.25, 0.3) is 0 Å². The van der Waals surface area contributed by atoms with Gasteiger partial charge in [0.1, 0.15) is 0 Å². The molecule has 2 rings (SSSR count). The van der Waals surface area contributed by atoms with Crippen molar-refractivity contribution in [2.75, 3.05) is 6.54 Å². The fourth-order valence-electron chi connectivity index (χ4n) is 2.10. The minimum Gasteiger partial charge on any atom is -0.353 e. The van der Waals surface area contributed by atoms with Gasteiger partial charge in [0.05, 0.1) is 0 Å². The van der Waals surface area contributed by atoms with Crippen LogP contribution in [0.4, 0.5) is 0 Å². The number of nitrogens with one attached hydrogen (secondary N) is 2. The minimum atomic E-state index is 0.479. The zero-order valence-corrected chi connectivity index (χ0v) is 9.55. The molecule has 0 aromatic rings. The molecule has 4 nitrogen and oxygen atoms in total. The summed E-state index contributed by atoms with van der Waals surface area (Å²) in [4.78, 5) is 4.56. The number of rotatable bonds is 4. The van der Waals surface area contributed by atoms with Gasteiger partial charge in [-0.15, -0.1) is 0 Å². The van der Waals surface area contributed by atoms with Crippen LogP contribution < -0.4 is 16.6 Å². The van der Waals surface area contributed by atoms with E-state index < -0.39 is 0 Å². The van der Waals surface area contributed by atoms with E-state index in [1.54, 1.807) is 0 Å². The zero-order chi connectivity index (χ0) is 10.7. The summed E-state index contributed by atoms with van der Waals surface area (Å²) in [6.07, 6.45) is 7.75. The van der Waals surface area contributed by atoms with Gasteiger partial charge in [-0.2, -0.15) is 0 Å². The van der Waals surface area contributed by atoms with Crippen molar-refractivity contribution in [3.8, 4) is 0 Å². The van der Waals surface area contributed by atoms with Crippen molar-refractivity contribution in [1.29, 1.82) is 0 Å². The van der Waals surface area contributed by atoms with Crippen LogP contribution >= 0.6 is 0 Å². The number of hydrogen-bond donors (Lipinski definition) is 3. The molecule has 0 unspecified atom stereocenters. The molecule has 0 heterocycles. The van der Waals surface area contributed by atoms with Gasteiger partial charge < -0.3 is 5.32 Å². The number of nitrogens with zero attached hydrogens (tertiary/aromatic N) is 1. The molecule has 0 aromatic heterocycles. The monoisotopic (exact) mass is 210 g/mol. The Labute approximate surface area is 91.7 Å². The highest BCUT2D eigenvalue weighted by Crippen LogP contribution is 2.43. The van der Waals surface area contributed by atoms with Crippen LogP contribution in [0, 0.1) is 5.41 Å². The van der Waals surface area contributed by atoms with Crippen LogP contribution in [0.15, 0.2) is 4.99 Å². The smallest absolute Gasteiger partial charge is 0.205 e. The Morgan fingerprint density at radius 1 is 1.47 bits per heavy atom. The fraction of sp³-hybridized carbons (Fsp3) is 0.909. The van der Waals surface area contributed by atoms with Crippen LogP contribution in [-0.4, -0.2) is 18.5 Å². The van der Waals surface area contributed by atoms with Gasteiger partial charge in [-0.25, -0.2) is 5.84 Å². The van der Waals surface area contributed by atoms with Crippen molar-refractivity contribution in [3.63, 3.8) is 0 Å². The predicted octanol–water partition coefficient (Wildman–Crippen LogP) is 1.14. The van der Waals surface area contributed by atoms with Crippen molar-refractivity contribution >= 4 is 5.96 Å². The Balaban J connectivity index is 1.83. The summed E-state index contributed by atoms with van der Waals surface area (Å²) < 4.78 is 0. The second kappa shape index (κ2) is 4.39. The summed E-state index contributed by atoms with van der Waals surface area (Å²) in [5, 5.41) is 3.30. The third-order valence-electron chi connectivity index (χ3n) is 3.79. The van der Waals surface area contributed by atoms with Crippen molar-refractivity contribution in [2.45, 2.75) is 51.5 Å². The van der Waals surface area contributed by atoms with Crippen LogP contribution in [0.5, 0.6) is 0 Å². The molecule has 2 aliphatic carbocycles. The topological polar surface area (TPSA) is 62.4 Å². The maximum absolute atomic E-state index is 5.44. The largest absolute Gasteiger partial charge is 0.353 e. The van der Waals surface area contributed by atoms with Gasteiger partial charge >= 0.3 is 0 Å². The van der Waals surface area contributed by atoms with Crippen LogP contribution in [0.1, 0.15) is 45.4 Å². The molecule has 0 aliphatic heterocycles. The molecule has 2 fully saturated rings. The van der Waals surface area contributed by atoms with E-state index in [0.717, 1.165) is 12.5 Å². The molecular formula is C11H22N4. The standard InChI is InChI=1S/C11H22N4/c1-2-11(6-3-7-11)8-13-10(15-12)14-9-4-5-9/h9H,2-8,12H2,1H3,(H2,13,14,15).